The second-order valence-corrected chi connectivity index (χ2v) is 6.90. The first-order chi connectivity index (χ1) is 12.2. The third-order valence-electron chi connectivity index (χ3n) is 5.13. The Morgan fingerprint density at radius 1 is 0.880 bits per heavy atom. The van der Waals surface area contributed by atoms with Gasteiger partial charge in [-0.15, -0.1) is 0 Å². The predicted octanol–water partition coefficient (Wildman–Crippen LogP) is 0.511. The highest BCUT2D eigenvalue weighted by atomic mass is 16.6. The molecule has 2 aromatic rings. The lowest BCUT2D eigenvalue weighted by Gasteiger charge is -2.29. The van der Waals surface area contributed by atoms with Crippen molar-refractivity contribution in [1.29, 1.82) is 0 Å². The molecule has 1 saturated heterocycles. The number of benzene rings is 2. The number of nitrogens with one attached hydrogen (secondary N) is 2. The van der Waals surface area contributed by atoms with E-state index < -0.39 is 0 Å². The van der Waals surface area contributed by atoms with Gasteiger partial charge in [0.25, 0.3) is 5.69 Å². The first-order valence-electron chi connectivity index (χ1n) is 9.16. The molecule has 0 unspecified atom stereocenters. The van der Waals surface area contributed by atoms with Gasteiger partial charge < -0.3 is 9.80 Å². The molecule has 2 N–H and O–H groups in total. The second kappa shape index (κ2) is 8.74. The topological polar surface area (TPSA) is 52.0 Å². The molecule has 132 valence electrons. The van der Waals surface area contributed by atoms with E-state index in [1.807, 2.05) is 12.1 Å². The lowest BCUT2D eigenvalue weighted by Crippen LogP contribution is -3.27. The maximum absolute atomic E-state index is 11.1. The number of para-hydroxylation sites is 1. The van der Waals surface area contributed by atoms with E-state index in [0.29, 0.717) is 0 Å². The summed E-state index contributed by atoms with van der Waals surface area (Å²) in [5, 5.41) is 11.1. The molecule has 0 aliphatic carbocycles. The molecule has 2 aromatic carbocycles. The van der Waals surface area contributed by atoms with E-state index >= 15 is 0 Å². The third kappa shape index (κ3) is 5.11. The Morgan fingerprint density at radius 2 is 1.52 bits per heavy atom. The molecular weight excluding hydrogens is 314 g/mol. The van der Waals surface area contributed by atoms with Crippen LogP contribution < -0.4 is 9.80 Å². The number of rotatable bonds is 7. The summed E-state index contributed by atoms with van der Waals surface area (Å²) in [6.07, 6.45) is 2.37. The van der Waals surface area contributed by atoms with Gasteiger partial charge in [-0.25, -0.2) is 0 Å². The Hall–Kier alpha value is -2.24. The summed E-state index contributed by atoms with van der Waals surface area (Å²) in [4.78, 5) is 14.0. The smallest absolute Gasteiger partial charge is 0.278 e. The molecule has 1 fully saturated rings. The summed E-state index contributed by atoms with van der Waals surface area (Å²) in [6, 6.07) is 17.8. The number of piperazine rings is 1. The Bertz CT molecular complexity index is 682. The van der Waals surface area contributed by atoms with Crippen molar-refractivity contribution in [3.8, 4) is 0 Å². The van der Waals surface area contributed by atoms with Crippen LogP contribution in [0.5, 0.6) is 0 Å². The molecule has 0 radical (unpaired) electrons. The fraction of sp³-hybridized carbons (Fsp3) is 0.400. The van der Waals surface area contributed by atoms with Crippen LogP contribution in [0.1, 0.15) is 17.5 Å². The van der Waals surface area contributed by atoms with Gasteiger partial charge in [0.15, 0.2) is 0 Å². The van der Waals surface area contributed by atoms with E-state index in [0.717, 1.165) is 44.7 Å². The molecule has 0 spiro atoms. The van der Waals surface area contributed by atoms with Gasteiger partial charge in [0.05, 0.1) is 17.0 Å². The van der Waals surface area contributed by atoms with E-state index in [2.05, 4.69) is 30.3 Å². The third-order valence-corrected chi connectivity index (χ3v) is 5.13. The SMILES string of the molecule is O=[N+]([O-])c1ccccc1C[NH+]1CC[NH+](CCCc2ccccc2)CC1. The van der Waals surface area contributed by atoms with E-state index in [1.165, 1.54) is 23.4 Å². The highest BCUT2D eigenvalue weighted by molar-refractivity contribution is 5.39. The van der Waals surface area contributed by atoms with Crippen LogP contribution in [0, 0.1) is 10.1 Å². The molecule has 0 saturated carbocycles. The first kappa shape index (κ1) is 17.6. The van der Waals surface area contributed by atoms with E-state index in [1.54, 1.807) is 17.0 Å². The van der Waals surface area contributed by atoms with Gasteiger partial charge in [0, 0.05) is 12.5 Å². The second-order valence-electron chi connectivity index (χ2n) is 6.90. The van der Waals surface area contributed by atoms with Crippen LogP contribution in [0.15, 0.2) is 54.6 Å². The van der Waals surface area contributed by atoms with Crippen LogP contribution in [0.3, 0.4) is 0 Å². The zero-order valence-corrected chi connectivity index (χ0v) is 14.6. The normalized spacial score (nSPS) is 20.3. The molecule has 5 nitrogen and oxygen atoms in total. The van der Waals surface area contributed by atoms with Crippen molar-refractivity contribution in [3.63, 3.8) is 0 Å². The maximum Gasteiger partial charge on any atom is 0.278 e. The summed E-state index contributed by atoms with van der Waals surface area (Å²) >= 11 is 0. The van der Waals surface area contributed by atoms with Crippen molar-refractivity contribution >= 4 is 5.69 Å². The van der Waals surface area contributed by atoms with E-state index in [9.17, 15) is 10.1 Å². The Labute approximate surface area is 149 Å². The number of quaternary nitrogens is 2. The molecule has 25 heavy (non-hydrogen) atoms. The molecule has 0 atom stereocenters. The van der Waals surface area contributed by atoms with Crippen molar-refractivity contribution in [2.75, 3.05) is 32.7 Å². The molecule has 0 aromatic heterocycles. The van der Waals surface area contributed by atoms with Crippen LogP contribution in [-0.4, -0.2) is 37.6 Å². The summed E-state index contributed by atoms with van der Waals surface area (Å²) < 4.78 is 0. The minimum Gasteiger partial charge on any atom is -0.326 e. The zero-order chi connectivity index (χ0) is 17.5. The predicted molar refractivity (Wildman–Crippen MR) is 97.8 cm³/mol. The van der Waals surface area contributed by atoms with Gasteiger partial charge in [-0.2, -0.15) is 0 Å². The van der Waals surface area contributed by atoms with Crippen LogP contribution >= 0.6 is 0 Å². The molecule has 0 amide bonds. The van der Waals surface area contributed by atoms with Crippen LogP contribution in [0.2, 0.25) is 0 Å². The van der Waals surface area contributed by atoms with Gasteiger partial charge >= 0.3 is 0 Å². The van der Waals surface area contributed by atoms with Crippen molar-refractivity contribution in [3.05, 3.63) is 75.8 Å². The van der Waals surface area contributed by atoms with Crippen LogP contribution in [-0.2, 0) is 13.0 Å². The number of nitrogens with zero attached hydrogens (tertiary/aromatic N) is 1. The highest BCUT2D eigenvalue weighted by Gasteiger charge is 2.25. The fourth-order valence-electron chi connectivity index (χ4n) is 3.68. The fourth-order valence-corrected chi connectivity index (χ4v) is 3.68. The summed E-state index contributed by atoms with van der Waals surface area (Å²) in [7, 11) is 0. The maximum atomic E-state index is 11.1. The quantitative estimate of drug-likeness (QED) is 0.570. The van der Waals surface area contributed by atoms with Gasteiger partial charge in [-0.05, 0) is 18.1 Å². The number of hydrogen-bond acceptors (Lipinski definition) is 2. The van der Waals surface area contributed by atoms with Crippen molar-refractivity contribution in [2.24, 2.45) is 0 Å². The van der Waals surface area contributed by atoms with Crippen LogP contribution in [0.4, 0.5) is 5.69 Å². The average molecular weight is 341 g/mol. The van der Waals surface area contributed by atoms with Gasteiger partial charge in [-0.1, -0.05) is 42.5 Å². The molecule has 3 rings (SSSR count). The Kier molecular flexibility index (Phi) is 6.14. The van der Waals surface area contributed by atoms with Crippen molar-refractivity contribution in [2.45, 2.75) is 19.4 Å². The van der Waals surface area contributed by atoms with E-state index in [-0.39, 0.29) is 10.6 Å². The van der Waals surface area contributed by atoms with E-state index in [4.69, 9.17) is 0 Å². The lowest BCUT2D eigenvalue weighted by molar-refractivity contribution is -1.02. The minimum atomic E-state index is -0.264. The standard InChI is InChI=1S/C20H25N3O2/c24-23(25)20-11-5-4-10-19(20)17-22-15-13-21(14-16-22)12-6-9-18-7-2-1-3-8-18/h1-5,7-8,10-11H,6,9,12-17H2/p+2. The van der Waals surface area contributed by atoms with Gasteiger partial charge in [-0.3, -0.25) is 10.1 Å². The molecule has 1 heterocycles. The van der Waals surface area contributed by atoms with Crippen molar-refractivity contribution < 1.29 is 14.7 Å². The molecule has 0 bridgehead atoms. The first-order valence-corrected chi connectivity index (χ1v) is 9.16. The summed E-state index contributed by atoms with van der Waals surface area (Å²) in [5.74, 6) is 0. The average Bonchev–Trinajstić information content (AvgIpc) is 2.64. The largest absolute Gasteiger partial charge is 0.326 e. The summed E-state index contributed by atoms with van der Waals surface area (Å²) in [5.41, 5.74) is 2.53. The molecular formula is C20H27N3O2+2. The molecule has 1 aliphatic rings. The Morgan fingerprint density at radius 3 is 2.24 bits per heavy atom. The summed E-state index contributed by atoms with van der Waals surface area (Å²) in [6.45, 7) is 6.47. The highest BCUT2D eigenvalue weighted by Crippen LogP contribution is 2.16. The lowest BCUT2D eigenvalue weighted by atomic mass is 10.1. The molecule has 1 aliphatic heterocycles. The monoisotopic (exact) mass is 341 g/mol. The van der Waals surface area contributed by atoms with Gasteiger partial charge in [0.2, 0.25) is 0 Å². The van der Waals surface area contributed by atoms with Gasteiger partial charge in [0.1, 0.15) is 32.7 Å². The zero-order valence-electron chi connectivity index (χ0n) is 14.6. The molecule has 5 heteroatoms. The number of aryl methyl sites for hydroxylation is 1. The van der Waals surface area contributed by atoms with Crippen molar-refractivity contribution in [1.82, 2.24) is 0 Å². The number of hydrogen-bond donors (Lipinski definition) is 2. The number of nitro groups is 1. The minimum absolute atomic E-state index is 0.257. The number of nitro benzene ring substituents is 1. The Balaban J connectivity index is 1.42. The van der Waals surface area contributed by atoms with Crippen LogP contribution in [0.25, 0.3) is 0 Å².